The summed E-state index contributed by atoms with van der Waals surface area (Å²) >= 11 is 0. The molecule has 0 atom stereocenters. The minimum absolute atomic E-state index is 0.0403. The topological polar surface area (TPSA) is 93.3 Å². The van der Waals surface area contributed by atoms with Gasteiger partial charge in [-0.15, -0.1) is 0 Å². The molecule has 6 heteroatoms. The van der Waals surface area contributed by atoms with Gasteiger partial charge in [0.1, 0.15) is 0 Å². The molecule has 0 amide bonds. The average molecular weight is 360 g/mol. The molecule has 6 nitrogen and oxygen atoms in total. The molecule has 0 saturated carbocycles. The molecule has 1 aliphatic rings. The van der Waals surface area contributed by atoms with Gasteiger partial charge in [0, 0.05) is 17.5 Å². The lowest BCUT2D eigenvalue weighted by molar-refractivity contribution is -0.384. The zero-order valence-corrected chi connectivity index (χ0v) is 14.4. The molecule has 1 N–H and O–H groups in total. The van der Waals surface area contributed by atoms with Gasteiger partial charge in [-0.1, -0.05) is 18.2 Å². The number of carboxylic acids is 1. The molecule has 1 aromatic heterocycles. The number of carboxylic acid groups (broad SMARTS) is 1. The summed E-state index contributed by atoms with van der Waals surface area (Å²) in [5.41, 5.74) is 4.29. The van der Waals surface area contributed by atoms with E-state index in [1.165, 1.54) is 12.1 Å². The van der Waals surface area contributed by atoms with E-state index in [4.69, 9.17) is 4.98 Å². The molecule has 0 radical (unpaired) electrons. The minimum atomic E-state index is -0.943. The van der Waals surface area contributed by atoms with Crippen molar-refractivity contribution in [2.75, 3.05) is 0 Å². The first-order valence-corrected chi connectivity index (χ1v) is 8.65. The van der Waals surface area contributed by atoms with Crippen molar-refractivity contribution in [1.29, 1.82) is 0 Å². The molecular weight excluding hydrogens is 344 g/mol. The van der Waals surface area contributed by atoms with Gasteiger partial charge in [0.05, 0.1) is 21.7 Å². The number of fused-ring (bicyclic) bond motifs is 2. The number of hydrogen-bond donors (Lipinski definition) is 1. The highest BCUT2D eigenvalue weighted by molar-refractivity contribution is 6.05. The smallest absolute Gasteiger partial charge is 0.336 e. The van der Waals surface area contributed by atoms with Gasteiger partial charge in [0.2, 0.25) is 0 Å². The highest BCUT2D eigenvalue weighted by Gasteiger charge is 2.24. The third-order valence-corrected chi connectivity index (χ3v) is 4.83. The van der Waals surface area contributed by atoms with Gasteiger partial charge in [-0.25, -0.2) is 9.78 Å². The Morgan fingerprint density at radius 2 is 1.85 bits per heavy atom. The van der Waals surface area contributed by atoms with E-state index in [1.807, 2.05) is 24.3 Å². The zero-order chi connectivity index (χ0) is 19.0. The Morgan fingerprint density at radius 3 is 2.56 bits per heavy atom. The Labute approximate surface area is 154 Å². The van der Waals surface area contributed by atoms with Gasteiger partial charge in [0.25, 0.3) is 5.69 Å². The second-order valence-corrected chi connectivity index (χ2v) is 6.51. The van der Waals surface area contributed by atoms with Crippen LogP contribution in [0, 0.1) is 10.1 Å². The number of allylic oxidation sites excluding steroid dienone is 1. The molecule has 0 spiro atoms. The largest absolute Gasteiger partial charge is 0.478 e. The van der Waals surface area contributed by atoms with Crippen LogP contribution >= 0.6 is 0 Å². The Morgan fingerprint density at radius 1 is 1.11 bits per heavy atom. The summed E-state index contributed by atoms with van der Waals surface area (Å²) < 4.78 is 0. The quantitative estimate of drug-likeness (QED) is 0.539. The number of pyridine rings is 1. The highest BCUT2D eigenvalue weighted by atomic mass is 16.6. The lowest BCUT2D eigenvalue weighted by Gasteiger charge is -2.21. The molecule has 4 rings (SSSR count). The summed E-state index contributed by atoms with van der Waals surface area (Å²) in [6, 6.07) is 13.6. The lowest BCUT2D eigenvalue weighted by atomic mass is 9.86. The fourth-order valence-corrected chi connectivity index (χ4v) is 3.61. The molecule has 0 fully saturated rings. The van der Waals surface area contributed by atoms with Gasteiger partial charge in [0.15, 0.2) is 0 Å². The molecule has 2 aromatic carbocycles. The van der Waals surface area contributed by atoms with E-state index in [0.717, 1.165) is 35.2 Å². The average Bonchev–Trinajstić information content (AvgIpc) is 2.66. The second kappa shape index (κ2) is 6.64. The van der Waals surface area contributed by atoms with E-state index in [9.17, 15) is 20.0 Å². The normalized spacial score (nSPS) is 14.9. The van der Waals surface area contributed by atoms with Crippen LogP contribution < -0.4 is 0 Å². The lowest BCUT2D eigenvalue weighted by Crippen LogP contribution is -2.13. The summed E-state index contributed by atoms with van der Waals surface area (Å²) in [5, 5.41) is 21.3. The van der Waals surface area contributed by atoms with Gasteiger partial charge in [-0.3, -0.25) is 10.1 Å². The van der Waals surface area contributed by atoms with Crippen molar-refractivity contribution < 1.29 is 14.8 Å². The Balaban J connectivity index is 1.88. The van der Waals surface area contributed by atoms with E-state index < -0.39 is 10.9 Å². The standard InChI is InChI=1S/C21H16N2O4/c24-21(25)19-16-5-1-2-7-18(16)22-20-14(4-3-6-17(19)20)12-13-8-10-15(11-9-13)23(26)27/h1-2,5,7-12H,3-4,6H2,(H,24,25)/b14-12+. The molecule has 1 heterocycles. The molecule has 0 bridgehead atoms. The third kappa shape index (κ3) is 3.06. The maximum atomic E-state index is 11.9. The number of non-ortho nitro benzene ring substituents is 1. The summed E-state index contributed by atoms with van der Waals surface area (Å²) in [6.07, 6.45) is 4.24. The number of benzene rings is 2. The number of para-hydroxylation sites is 1. The van der Waals surface area contributed by atoms with E-state index in [2.05, 4.69) is 0 Å². The van der Waals surface area contributed by atoms with E-state index in [1.54, 1.807) is 18.2 Å². The number of carbonyl (C=O) groups is 1. The van der Waals surface area contributed by atoms with E-state index in [0.29, 0.717) is 22.9 Å². The maximum absolute atomic E-state index is 11.9. The first-order valence-electron chi connectivity index (χ1n) is 8.65. The van der Waals surface area contributed by atoms with Crippen LogP contribution in [0.3, 0.4) is 0 Å². The molecule has 0 unspecified atom stereocenters. The van der Waals surface area contributed by atoms with Crippen LogP contribution in [0.2, 0.25) is 0 Å². The van der Waals surface area contributed by atoms with Gasteiger partial charge >= 0.3 is 5.97 Å². The van der Waals surface area contributed by atoms with Crippen molar-refractivity contribution in [3.63, 3.8) is 0 Å². The fraction of sp³-hybridized carbons (Fsp3) is 0.143. The summed E-state index contributed by atoms with van der Waals surface area (Å²) in [5.74, 6) is -0.943. The number of aromatic carboxylic acids is 1. The Hall–Kier alpha value is -3.54. The van der Waals surface area contributed by atoms with Crippen LogP contribution in [-0.2, 0) is 6.42 Å². The highest BCUT2D eigenvalue weighted by Crippen LogP contribution is 2.36. The van der Waals surface area contributed by atoms with Crippen molar-refractivity contribution in [2.24, 2.45) is 0 Å². The first-order chi connectivity index (χ1) is 13.0. The summed E-state index contributed by atoms with van der Waals surface area (Å²) in [4.78, 5) is 27.1. The number of nitrogens with zero attached hydrogens (tertiary/aromatic N) is 2. The predicted octanol–water partition coefficient (Wildman–Crippen LogP) is 4.72. The fourth-order valence-electron chi connectivity index (χ4n) is 3.61. The molecule has 3 aromatic rings. The Bertz CT molecular complexity index is 1100. The van der Waals surface area contributed by atoms with Gasteiger partial charge in [-0.2, -0.15) is 0 Å². The van der Waals surface area contributed by atoms with Crippen LogP contribution in [-0.4, -0.2) is 21.0 Å². The number of aromatic nitrogens is 1. The third-order valence-electron chi connectivity index (χ3n) is 4.83. The Kier molecular flexibility index (Phi) is 4.16. The molecular formula is C21H16N2O4. The summed E-state index contributed by atoms with van der Waals surface area (Å²) in [6.45, 7) is 0. The number of hydrogen-bond acceptors (Lipinski definition) is 4. The molecule has 27 heavy (non-hydrogen) atoms. The first kappa shape index (κ1) is 16.9. The zero-order valence-electron chi connectivity index (χ0n) is 14.4. The maximum Gasteiger partial charge on any atom is 0.336 e. The van der Waals surface area contributed by atoms with Crippen molar-refractivity contribution in [3.05, 3.63) is 81.0 Å². The molecule has 134 valence electrons. The van der Waals surface area contributed by atoms with Crippen LogP contribution in [0.5, 0.6) is 0 Å². The second-order valence-electron chi connectivity index (χ2n) is 6.51. The molecule has 0 saturated heterocycles. The van der Waals surface area contributed by atoms with Crippen LogP contribution in [0.15, 0.2) is 48.5 Å². The number of nitro benzene ring substituents is 1. The van der Waals surface area contributed by atoms with Crippen molar-refractivity contribution in [2.45, 2.75) is 19.3 Å². The van der Waals surface area contributed by atoms with E-state index >= 15 is 0 Å². The van der Waals surface area contributed by atoms with E-state index in [-0.39, 0.29) is 5.69 Å². The van der Waals surface area contributed by atoms with Crippen LogP contribution in [0.1, 0.15) is 40.0 Å². The predicted molar refractivity (Wildman–Crippen MR) is 103 cm³/mol. The van der Waals surface area contributed by atoms with Crippen molar-refractivity contribution in [1.82, 2.24) is 4.98 Å². The SMILES string of the molecule is O=C(O)c1c2c(nc3ccccc13)/C(=C/c1ccc([N+](=O)[O-])cc1)CCC2. The minimum Gasteiger partial charge on any atom is -0.478 e. The van der Waals surface area contributed by atoms with Crippen LogP contribution in [0.25, 0.3) is 22.6 Å². The van der Waals surface area contributed by atoms with Gasteiger partial charge < -0.3 is 5.11 Å². The summed E-state index contributed by atoms with van der Waals surface area (Å²) in [7, 11) is 0. The van der Waals surface area contributed by atoms with Gasteiger partial charge in [-0.05, 0) is 60.2 Å². The van der Waals surface area contributed by atoms with Crippen molar-refractivity contribution >= 4 is 34.2 Å². The monoisotopic (exact) mass is 360 g/mol. The van der Waals surface area contributed by atoms with Crippen molar-refractivity contribution in [3.8, 4) is 0 Å². The molecule has 0 aliphatic heterocycles. The number of nitro groups is 1. The number of rotatable bonds is 3. The molecule has 1 aliphatic carbocycles. The van der Waals surface area contributed by atoms with Crippen LogP contribution in [0.4, 0.5) is 5.69 Å².